The minimum absolute atomic E-state index is 0.890. The average Bonchev–Trinajstić information content (AvgIpc) is 2.39. The number of aliphatic carboxylic acids is 3. The number of aromatic nitrogens is 1. The van der Waals surface area contributed by atoms with Gasteiger partial charge in [0.15, 0.2) is 18.9 Å². The Labute approximate surface area is 126 Å². The average molecular weight is 311 g/mol. The third-order valence-electron chi connectivity index (χ3n) is 2.38. The zero-order valence-electron chi connectivity index (χ0n) is 11.7. The molecule has 1 aromatic rings. The molecule has 22 heavy (non-hydrogen) atoms. The van der Waals surface area contributed by atoms with Crippen LogP contribution in [0.3, 0.4) is 0 Å². The Morgan fingerprint density at radius 2 is 1.55 bits per heavy atom. The summed E-state index contributed by atoms with van der Waals surface area (Å²) in [6.45, 7) is 4.52. The molecule has 1 aromatic heterocycles. The van der Waals surface area contributed by atoms with Crippen LogP contribution in [0, 0.1) is 0 Å². The van der Waals surface area contributed by atoms with Crippen molar-refractivity contribution in [2.24, 2.45) is 0 Å². The van der Waals surface area contributed by atoms with Crippen molar-refractivity contribution in [1.29, 1.82) is 0 Å². The van der Waals surface area contributed by atoms with Crippen molar-refractivity contribution in [3.63, 3.8) is 0 Å². The van der Waals surface area contributed by atoms with E-state index >= 15 is 0 Å². The van der Waals surface area contributed by atoms with Crippen LogP contribution in [0.5, 0.6) is 0 Å². The van der Waals surface area contributed by atoms with Gasteiger partial charge in [-0.3, -0.25) is 9.59 Å². The Bertz CT molecular complexity index is 511. The van der Waals surface area contributed by atoms with Crippen molar-refractivity contribution in [3.8, 4) is 0 Å². The number of hydrogen-bond acceptors (Lipinski definition) is 5. The highest BCUT2D eigenvalue weighted by atomic mass is 16.4. The molecule has 0 amide bonds. The third kappa shape index (κ3) is 7.75. The van der Waals surface area contributed by atoms with Crippen LogP contribution in [0.1, 0.15) is 12.8 Å². The number of aliphatic hydroxyl groups is 1. The lowest BCUT2D eigenvalue weighted by molar-refractivity contribution is -0.687. The maximum Gasteiger partial charge on any atom is 0.306 e. The van der Waals surface area contributed by atoms with E-state index in [4.69, 9.17) is 15.3 Å². The summed E-state index contributed by atoms with van der Waals surface area (Å²) in [4.78, 5) is 30.3. The van der Waals surface area contributed by atoms with Crippen LogP contribution in [-0.2, 0) is 20.9 Å². The van der Waals surface area contributed by atoms with E-state index in [0.29, 0.717) is 0 Å². The molecular weight excluding hydrogens is 294 g/mol. The molecule has 0 aliphatic carbocycles. The number of carboxylic acid groups (broad SMARTS) is 3. The van der Waals surface area contributed by atoms with E-state index in [-0.39, 0.29) is 0 Å². The van der Waals surface area contributed by atoms with Crippen LogP contribution in [0.2, 0.25) is 0 Å². The van der Waals surface area contributed by atoms with Gasteiger partial charge in [-0.15, -0.1) is 0 Å². The Morgan fingerprint density at radius 1 is 1.09 bits per heavy atom. The van der Waals surface area contributed by atoms with Gasteiger partial charge in [-0.25, -0.2) is 4.57 Å². The molecule has 8 heteroatoms. The molecule has 8 nitrogen and oxygen atoms in total. The van der Waals surface area contributed by atoms with Crippen LogP contribution in [0.4, 0.5) is 0 Å². The number of carbonyl (C=O) groups excluding carboxylic acids is 1. The quantitative estimate of drug-likeness (QED) is 0.414. The van der Waals surface area contributed by atoms with Crippen LogP contribution >= 0.6 is 0 Å². The molecule has 0 spiro atoms. The van der Waals surface area contributed by atoms with Gasteiger partial charge in [0, 0.05) is 12.1 Å². The smallest absolute Gasteiger partial charge is 0.306 e. The summed E-state index contributed by atoms with van der Waals surface area (Å²) < 4.78 is 2.06. The highest BCUT2D eigenvalue weighted by molar-refractivity contribution is 5.86. The molecule has 0 unspecified atom stereocenters. The van der Waals surface area contributed by atoms with Gasteiger partial charge in [-0.05, 0) is 6.08 Å². The highest BCUT2D eigenvalue weighted by Gasteiger charge is 2.34. The fourth-order valence-corrected chi connectivity index (χ4v) is 1.41. The third-order valence-corrected chi connectivity index (χ3v) is 2.38. The van der Waals surface area contributed by atoms with Gasteiger partial charge in [0.05, 0.1) is 18.8 Å². The molecule has 120 valence electrons. The fourth-order valence-electron chi connectivity index (χ4n) is 1.41. The van der Waals surface area contributed by atoms with Gasteiger partial charge < -0.3 is 25.2 Å². The molecule has 0 fully saturated rings. The first-order valence-electron chi connectivity index (χ1n) is 6.13. The van der Waals surface area contributed by atoms with Gasteiger partial charge in [0.2, 0.25) is 0 Å². The SMILES string of the molecule is C=CC[n+]1ccccc1.O=C(O)CC(O)(CC(=O)O)C(=O)[O-]. The summed E-state index contributed by atoms with van der Waals surface area (Å²) in [5.41, 5.74) is -2.85. The lowest BCUT2D eigenvalue weighted by Crippen LogP contribution is -2.51. The lowest BCUT2D eigenvalue weighted by Gasteiger charge is -2.25. The predicted molar refractivity (Wildman–Crippen MR) is 71.3 cm³/mol. The fraction of sp³-hybridized carbons (Fsp3) is 0.286. The number of allylic oxidation sites excluding steroid dienone is 1. The summed E-state index contributed by atoms with van der Waals surface area (Å²) in [5.74, 6) is -5.35. The van der Waals surface area contributed by atoms with E-state index < -0.39 is 36.4 Å². The van der Waals surface area contributed by atoms with Crippen molar-refractivity contribution in [2.45, 2.75) is 25.0 Å². The molecule has 3 N–H and O–H groups in total. The van der Waals surface area contributed by atoms with E-state index in [0.717, 1.165) is 6.54 Å². The summed E-state index contributed by atoms with van der Waals surface area (Å²) in [7, 11) is 0. The largest absolute Gasteiger partial charge is 0.547 e. The Kier molecular flexibility index (Phi) is 8.09. The van der Waals surface area contributed by atoms with Crippen LogP contribution in [0.25, 0.3) is 0 Å². The van der Waals surface area contributed by atoms with Crippen molar-refractivity contribution >= 4 is 17.9 Å². The summed E-state index contributed by atoms with van der Waals surface area (Å²) >= 11 is 0. The maximum atomic E-state index is 10.2. The number of nitrogens with zero attached hydrogens (tertiary/aromatic N) is 1. The molecule has 0 aliphatic rings. The molecule has 1 rings (SSSR count). The molecule has 0 saturated heterocycles. The van der Waals surface area contributed by atoms with E-state index in [9.17, 15) is 19.5 Å². The Hall–Kier alpha value is -2.74. The molecular formula is C14H17NO7. The summed E-state index contributed by atoms with van der Waals surface area (Å²) in [6.07, 6.45) is 3.49. The molecule has 0 radical (unpaired) electrons. The minimum atomic E-state index is -2.85. The van der Waals surface area contributed by atoms with Crippen LogP contribution in [-0.4, -0.2) is 38.8 Å². The zero-order chi connectivity index (χ0) is 17.2. The number of pyridine rings is 1. The molecule has 1 heterocycles. The van der Waals surface area contributed by atoms with Crippen LogP contribution < -0.4 is 9.67 Å². The van der Waals surface area contributed by atoms with Gasteiger partial charge in [0.1, 0.15) is 5.60 Å². The van der Waals surface area contributed by atoms with Gasteiger partial charge in [-0.2, -0.15) is 0 Å². The van der Waals surface area contributed by atoms with E-state index in [1.165, 1.54) is 0 Å². The second-order valence-electron chi connectivity index (χ2n) is 4.32. The van der Waals surface area contributed by atoms with E-state index in [2.05, 4.69) is 11.1 Å². The lowest BCUT2D eigenvalue weighted by atomic mass is 9.96. The number of carbonyl (C=O) groups is 3. The molecule has 0 aliphatic heterocycles. The van der Waals surface area contributed by atoms with Crippen LogP contribution in [0.15, 0.2) is 43.2 Å². The molecule has 0 bridgehead atoms. The predicted octanol–water partition coefficient (Wildman–Crippen LogP) is -1.42. The first-order chi connectivity index (χ1) is 10.2. The van der Waals surface area contributed by atoms with E-state index in [1.807, 2.05) is 36.7 Å². The number of carboxylic acids is 3. The number of hydrogen-bond donors (Lipinski definition) is 3. The zero-order valence-corrected chi connectivity index (χ0v) is 11.7. The first kappa shape index (κ1) is 19.3. The second kappa shape index (κ2) is 9.24. The first-order valence-corrected chi connectivity index (χ1v) is 6.13. The van der Waals surface area contributed by atoms with Crippen molar-refractivity contribution in [3.05, 3.63) is 43.2 Å². The van der Waals surface area contributed by atoms with Gasteiger partial charge in [0.25, 0.3) is 0 Å². The van der Waals surface area contributed by atoms with Gasteiger partial charge in [-0.1, -0.05) is 12.6 Å². The topological polar surface area (TPSA) is 139 Å². The normalized spacial score (nSPS) is 10.0. The summed E-state index contributed by atoms with van der Waals surface area (Å²) in [6, 6.07) is 6.01. The van der Waals surface area contributed by atoms with Crippen molar-refractivity contribution in [2.75, 3.05) is 0 Å². The standard InChI is InChI=1S/C8H10N.C6H8O7/c1-2-6-9-7-4-3-5-8-9;7-3(8)1-6(13,5(11)12)2-4(9)10/h2-5,7-8H,1,6H2;13H,1-2H2,(H,7,8)(H,9,10)(H,11,12)/q+1;/p-1. The van der Waals surface area contributed by atoms with Crippen molar-refractivity contribution in [1.82, 2.24) is 0 Å². The molecule has 0 saturated carbocycles. The maximum absolute atomic E-state index is 10.2. The highest BCUT2D eigenvalue weighted by Crippen LogP contribution is 2.14. The molecule has 0 atom stereocenters. The molecule has 0 aromatic carbocycles. The van der Waals surface area contributed by atoms with E-state index in [1.54, 1.807) is 0 Å². The minimum Gasteiger partial charge on any atom is -0.547 e. The number of rotatable bonds is 7. The summed E-state index contributed by atoms with van der Waals surface area (Å²) in [5, 5.41) is 35.5. The Morgan fingerprint density at radius 3 is 1.86 bits per heavy atom. The monoisotopic (exact) mass is 311 g/mol. The van der Waals surface area contributed by atoms with Gasteiger partial charge >= 0.3 is 11.9 Å². The second-order valence-corrected chi connectivity index (χ2v) is 4.32. The Balaban J connectivity index is 0.000000425. The van der Waals surface area contributed by atoms with Crippen molar-refractivity contribution < 1.29 is 39.4 Å².